The monoisotopic (exact) mass is 527 g/mol. The molecule has 37 heavy (non-hydrogen) atoms. The van der Waals surface area contributed by atoms with Gasteiger partial charge in [-0.05, 0) is 126 Å². The van der Waals surface area contributed by atoms with E-state index in [0.29, 0.717) is 18.5 Å². The summed E-state index contributed by atoms with van der Waals surface area (Å²) in [7, 11) is -3.89. The van der Waals surface area contributed by atoms with Gasteiger partial charge in [0.1, 0.15) is 0 Å². The van der Waals surface area contributed by atoms with Gasteiger partial charge in [0.15, 0.2) is 0 Å². The number of nitrogens with zero attached hydrogens (tertiary/aromatic N) is 1. The van der Waals surface area contributed by atoms with Crippen LogP contribution in [0.15, 0.2) is 41.8 Å². The molecule has 1 aromatic carbocycles. The van der Waals surface area contributed by atoms with Gasteiger partial charge in [0.05, 0.1) is 10.4 Å². The van der Waals surface area contributed by atoms with E-state index in [-0.39, 0.29) is 28.2 Å². The van der Waals surface area contributed by atoms with E-state index in [1.807, 2.05) is 27.7 Å². The summed E-state index contributed by atoms with van der Waals surface area (Å²) in [5.41, 5.74) is -0.845. The highest BCUT2D eigenvalue weighted by molar-refractivity contribution is 7.89. The van der Waals surface area contributed by atoms with Gasteiger partial charge in [-0.2, -0.15) is 4.31 Å². The second-order valence-electron chi connectivity index (χ2n) is 13.3. The third-order valence-corrected chi connectivity index (χ3v) is 11.9. The van der Waals surface area contributed by atoms with E-state index in [2.05, 4.69) is 17.2 Å². The van der Waals surface area contributed by atoms with E-state index in [1.54, 1.807) is 12.1 Å². The van der Waals surface area contributed by atoms with Crippen molar-refractivity contribution in [3.8, 4) is 0 Å². The molecule has 8 heteroatoms. The first-order chi connectivity index (χ1) is 17.3. The van der Waals surface area contributed by atoms with Crippen molar-refractivity contribution < 1.29 is 18.0 Å². The average molecular weight is 528 g/mol. The van der Waals surface area contributed by atoms with Crippen LogP contribution in [0.1, 0.15) is 83.0 Å². The van der Waals surface area contributed by atoms with Crippen LogP contribution in [0.4, 0.5) is 0 Å². The second kappa shape index (κ2) is 8.94. The number of rotatable bonds is 7. The summed E-state index contributed by atoms with van der Waals surface area (Å²) in [6, 6.07) is 5.90. The fraction of sp³-hybridized carbons (Fsp3) is 0.655. The van der Waals surface area contributed by atoms with Crippen molar-refractivity contribution in [2.75, 3.05) is 6.54 Å². The Bertz CT molecular complexity index is 1170. The summed E-state index contributed by atoms with van der Waals surface area (Å²) in [5.74, 6) is 2.02. The molecule has 4 saturated carbocycles. The second-order valence-corrected chi connectivity index (χ2v) is 15.1. The van der Waals surface area contributed by atoms with Crippen molar-refractivity contribution in [3.05, 3.63) is 42.5 Å². The normalized spacial score (nSPS) is 33.7. The first kappa shape index (κ1) is 26.4. The van der Waals surface area contributed by atoms with Gasteiger partial charge < -0.3 is 10.6 Å². The van der Waals surface area contributed by atoms with Crippen LogP contribution in [0.2, 0.25) is 0 Å². The van der Waals surface area contributed by atoms with Crippen molar-refractivity contribution >= 4 is 21.8 Å². The highest BCUT2D eigenvalue weighted by Crippen LogP contribution is 2.59. The van der Waals surface area contributed by atoms with E-state index in [1.165, 1.54) is 61.0 Å². The molecule has 6 rings (SSSR count). The van der Waals surface area contributed by atoms with Crippen LogP contribution in [-0.4, -0.2) is 48.2 Å². The van der Waals surface area contributed by atoms with Gasteiger partial charge in [-0.25, -0.2) is 8.42 Å². The smallest absolute Gasteiger partial charge is 0.251 e. The van der Waals surface area contributed by atoms with Crippen molar-refractivity contribution in [1.29, 1.82) is 0 Å². The van der Waals surface area contributed by atoms with Crippen LogP contribution < -0.4 is 10.6 Å². The molecule has 1 aliphatic heterocycles. The van der Waals surface area contributed by atoms with Crippen molar-refractivity contribution in [1.82, 2.24) is 14.9 Å². The maximum Gasteiger partial charge on any atom is 0.251 e. The molecule has 4 bridgehead atoms. The van der Waals surface area contributed by atoms with Crippen molar-refractivity contribution in [2.24, 2.45) is 23.2 Å². The van der Waals surface area contributed by atoms with Crippen LogP contribution in [0.25, 0.3) is 0 Å². The minimum Gasteiger partial charge on any atom is -0.351 e. The zero-order chi connectivity index (χ0) is 26.8. The van der Waals surface area contributed by atoms with E-state index in [4.69, 9.17) is 0 Å². The van der Waals surface area contributed by atoms with E-state index >= 15 is 0 Å². The third kappa shape index (κ3) is 4.65. The predicted molar refractivity (Wildman–Crippen MR) is 143 cm³/mol. The van der Waals surface area contributed by atoms with Crippen molar-refractivity contribution in [2.45, 2.75) is 94.7 Å². The molecule has 0 radical (unpaired) electrons. The lowest BCUT2D eigenvalue weighted by molar-refractivity contribution is -0.117. The molecule has 4 aliphatic carbocycles. The Hall–Kier alpha value is -2.19. The van der Waals surface area contributed by atoms with Crippen molar-refractivity contribution in [3.63, 3.8) is 0 Å². The van der Waals surface area contributed by atoms with Crippen LogP contribution in [0.3, 0.4) is 0 Å². The number of amides is 2. The molecular formula is C29H41N3O4S. The lowest BCUT2D eigenvalue weighted by atomic mass is 9.49. The fourth-order valence-corrected chi connectivity index (χ4v) is 10.8. The number of carbonyl (C=O) groups excluding carboxylic acids is 2. The fourth-order valence-electron chi connectivity index (χ4n) is 8.61. The number of hydrogen-bond donors (Lipinski definition) is 2. The first-order valence-electron chi connectivity index (χ1n) is 13.6. The third-order valence-electron chi connectivity index (χ3n) is 9.58. The highest BCUT2D eigenvalue weighted by Gasteiger charge is 2.57. The molecule has 202 valence electrons. The zero-order valence-corrected chi connectivity index (χ0v) is 23.4. The summed E-state index contributed by atoms with van der Waals surface area (Å²) in [5, 5.41) is 6.07. The topological polar surface area (TPSA) is 95.6 Å². The van der Waals surface area contributed by atoms with Gasteiger partial charge in [0.25, 0.3) is 5.91 Å². The molecule has 1 atom stereocenters. The predicted octanol–water partition coefficient (Wildman–Crippen LogP) is 4.26. The maximum absolute atomic E-state index is 13.8. The van der Waals surface area contributed by atoms with Gasteiger partial charge >= 0.3 is 0 Å². The van der Waals surface area contributed by atoms with E-state index in [9.17, 15) is 18.0 Å². The van der Waals surface area contributed by atoms with E-state index in [0.717, 1.165) is 17.8 Å². The quantitative estimate of drug-likeness (QED) is 0.518. The molecule has 1 aromatic rings. The largest absolute Gasteiger partial charge is 0.351 e. The minimum atomic E-state index is -3.89. The SMILES string of the molecule is C=CC(=O)NC1CC(C)(C)N(S(=O)(=O)c2ccc(C(=O)NCC34CC5CC(CC(C5)C3)C4)cc2)C1(C)C. The molecule has 2 N–H and O–H groups in total. The Balaban J connectivity index is 1.29. The number of sulfonamides is 1. The molecule has 0 spiro atoms. The Kier molecular flexibility index (Phi) is 6.38. The summed E-state index contributed by atoms with van der Waals surface area (Å²) in [6.45, 7) is 11.6. The Morgan fingerprint density at radius 3 is 2.03 bits per heavy atom. The Morgan fingerprint density at radius 2 is 1.51 bits per heavy atom. The summed E-state index contributed by atoms with van der Waals surface area (Å²) in [6.07, 6.45) is 9.47. The zero-order valence-electron chi connectivity index (χ0n) is 22.5. The molecule has 0 aromatic heterocycles. The van der Waals surface area contributed by atoms with Gasteiger partial charge in [-0.15, -0.1) is 0 Å². The van der Waals surface area contributed by atoms with E-state index < -0.39 is 21.1 Å². The molecule has 7 nitrogen and oxygen atoms in total. The van der Waals surface area contributed by atoms with Crippen LogP contribution in [0.5, 0.6) is 0 Å². The molecule has 1 heterocycles. The summed E-state index contributed by atoms with van der Waals surface area (Å²) >= 11 is 0. The molecule has 1 saturated heterocycles. The van der Waals surface area contributed by atoms with Gasteiger partial charge in [0, 0.05) is 23.7 Å². The lowest BCUT2D eigenvalue weighted by Gasteiger charge is -2.56. The van der Waals surface area contributed by atoms with Crippen LogP contribution in [0, 0.1) is 23.2 Å². The first-order valence-corrected chi connectivity index (χ1v) is 15.1. The van der Waals surface area contributed by atoms with Gasteiger partial charge in [-0.3, -0.25) is 9.59 Å². The highest BCUT2D eigenvalue weighted by atomic mass is 32.2. The lowest BCUT2D eigenvalue weighted by Crippen LogP contribution is -2.56. The van der Waals surface area contributed by atoms with Crippen LogP contribution >= 0.6 is 0 Å². The Morgan fingerprint density at radius 1 is 0.973 bits per heavy atom. The standard InChI is InChI=1S/C29H41N3O4S/c1-6-25(33)31-24-17-27(2,3)32(28(24,4)5)37(35,36)23-9-7-22(8-10-23)26(34)30-18-29-14-19-11-20(15-29)13-21(12-19)16-29/h6-10,19-21,24H,1,11-18H2,2-5H3,(H,30,34)(H,31,33). The molecule has 2 amide bonds. The average Bonchev–Trinajstić information content (AvgIpc) is 2.99. The molecule has 1 unspecified atom stereocenters. The molecular weight excluding hydrogens is 486 g/mol. The number of carbonyl (C=O) groups is 2. The number of hydrogen-bond acceptors (Lipinski definition) is 4. The minimum absolute atomic E-state index is 0.141. The maximum atomic E-state index is 13.8. The molecule has 5 aliphatic rings. The molecule has 5 fully saturated rings. The summed E-state index contributed by atoms with van der Waals surface area (Å²) in [4.78, 5) is 25.1. The van der Waals surface area contributed by atoms with Crippen LogP contribution in [-0.2, 0) is 14.8 Å². The van der Waals surface area contributed by atoms with Gasteiger partial charge in [-0.1, -0.05) is 6.58 Å². The number of benzene rings is 1. The Labute approximate surface area is 221 Å². The number of nitrogens with one attached hydrogen (secondary N) is 2. The van der Waals surface area contributed by atoms with Gasteiger partial charge in [0.2, 0.25) is 15.9 Å². The summed E-state index contributed by atoms with van der Waals surface area (Å²) < 4.78 is 29.2.